The molecule has 0 radical (unpaired) electrons. The minimum atomic E-state index is -3.78. The quantitative estimate of drug-likeness (QED) is 0.605. The van der Waals surface area contributed by atoms with Gasteiger partial charge < -0.3 is 4.90 Å². The smallest absolute Gasteiger partial charge is 0.266 e. The van der Waals surface area contributed by atoms with Crippen LogP contribution in [0.4, 0.5) is 0 Å². The fourth-order valence-corrected chi connectivity index (χ4v) is 2.34. The van der Waals surface area contributed by atoms with Gasteiger partial charge in [0.1, 0.15) is 0 Å². The molecule has 0 aliphatic carbocycles. The first-order chi connectivity index (χ1) is 4.99. The summed E-state index contributed by atoms with van der Waals surface area (Å²) < 4.78 is 29.5. The Balaban J connectivity index is 2.50. The first-order valence-corrected chi connectivity index (χ1v) is 5.25. The number of rotatable bonds is 2. The van der Waals surface area contributed by atoms with Crippen molar-refractivity contribution in [2.24, 2.45) is 0 Å². The summed E-state index contributed by atoms with van der Waals surface area (Å²) in [6, 6.07) is 0.0185. The molecule has 1 rings (SSSR count). The standard InChI is InChI=1S/C6H13NO3S/c1-7-4-2-3-6(7)5-11(8,9)10/h6H,2-5H2,1H3,(H,8,9,10). The molecule has 1 aliphatic rings. The van der Waals surface area contributed by atoms with Crippen molar-refractivity contribution >= 4 is 10.1 Å². The molecular weight excluding hydrogens is 166 g/mol. The van der Waals surface area contributed by atoms with Crippen LogP contribution >= 0.6 is 0 Å². The van der Waals surface area contributed by atoms with E-state index in [4.69, 9.17) is 4.55 Å². The highest BCUT2D eigenvalue weighted by atomic mass is 32.2. The van der Waals surface area contributed by atoms with Gasteiger partial charge in [0.05, 0.1) is 5.75 Å². The summed E-state index contributed by atoms with van der Waals surface area (Å²) in [7, 11) is -1.90. The second kappa shape index (κ2) is 3.08. The SMILES string of the molecule is CN1CCCC1CS(=O)(=O)O. The van der Waals surface area contributed by atoms with Gasteiger partial charge in [-0.15, -0.1) is 0 Å². The molecule has 1 heterocycles. The Morgan fingerprint density at radius 2 is 2.27 bits per heavy atom. The predicted octanol–water partition coefficient (Wildman–Crippen LogP) is -0.0316. The highest BCUT2D eigenvalue weighted by Crippen LogP contribution is 2.15. The molecule has 1 fully saturated rings. The topological polar surface area (TPSA) is 57.6 Å². The Hall–Kier alpha value is -0.130. The number of hydrogen-bond donors (Lipinski definition) is 1. The largest absolute Gasteiger partial charge is 0.302 e. The first kappa shape index (κ1) is 8.96. The summed E-state index contributed by atoms with van der Waals surface area (Å²) in [5.41, 5.74) is 0. The molecule has 0 amide bonds. The van der Waals surface area contributed by atoms with Gasteiger partial charge in [0.25, 0.3) is 10.1 Å². The lowest BCUT2D eigenvalue weighted by Gasteiger charge is -2.16. The molecule has 1 saturated heterocycles. The van der Waals surface area contributed by atoms with E-state index in [1.54, 1.807) is 0 Å². The number of nitrogens with zero attached hydrogens (tertiary/aromatic N) is 1. The molecule has 1 aliphatic heterocycles. The Kier molecular flexibility index (Phi) is 2.51. The van der Waals surface area contributed by atoms with Crippen LogP contribution < -0.4 is 0 Å². The Morgan fingerprint density at radius 1 is 1.64 bits per heavy atom. The lowest BCUT2D eigenvalue weighted by molar-refractivity contribution is 0.326. The van der Waals surface area contributed by atoms with E-state index in [1.807, 2.05) is 11.9 Å². The third kappa shape index (κ3) is 2.76. The van der Waals surface area contributed by atoms with Crippen molar-refractivity contribution in [2.45, 2.75) is 18.9 Å². The summed E-state index contributed by atoms with van der Waals surface area (Å²) in [4.78, 5) is 1.97. The van der Waals surface area contributed by atoms with Gasteiger partial charge in [0, 0.05) is 6.04 Å². The first-order valence-electron chi connectivity index (χ1n) is 3.64. The van der Waals surface area contributed by atoms with Crippen molar-refractivity contribution in [2.75, 3.05) is 19.3 Å². The second-order valence-corrected chi connectivity index (χ2v) is 4.52. The lowest BCUT2D eigenvalue weighted by Crippen LogP contribution is -2.31. The van der Waals surface area contributed by atoms with Gasteiger partial charge in [0.15, 0.2) is 0 Å². The van der Waals surface area contributed by atoms with Gasteiger partial charge >= 0.3 is 0 Å². The molecular formula is C6H13NO3S. The summed E-state index contributed by atoms with van der Waals surface area (Å²) >= 11 is 0. The number of likely N-dealkylation sites (tertiary alicyclic amines) is 1. The maximum atomic E-state index is 10.5. The second-order valence-electron chi connectivity index (χ2n) is 3.03. The van der Waals surface area contributed by atoms with Crippen molar-refractivity contribution < 1.29 is 13.0 Å². The van der Waals surface area contributed by atoms with Crippen LogP contribution in [0.15, 0.2) is 0 Å². The molecule has 0 aromatic carbocycles. The monoisotopic (exact) mass is 179 g/mol. The zero-order valence-corrected chi connectivity index (χ0v) is 7.34. The average molecular weight is 179 g/mol. The highest BCUT2D eigenvalue weighted by Gasteiger charge is 2.25. The van der Waals surface area contributed by atoms with E-state index in [9.17, 15) is 8.42 Å². The van der Waals surface area contributed by atoms with Crippen molar-refractivity contribution in [3.63, 3.8) is 0 Å². The fourth-order valence-electron chi connectivity index (χ4n) is 1.43. The van der Waals surface area contributed by atoms with Gasteiger partial charge in [-0.1, -0.05) is 0 Å². The van der Waals surface area contributed by atoms with Gasteiger partial charge in [-0.05, 0) is 26.4 Å². The molecule has 0 spiro atoms. The fraction of sp³-hybridized carbons (Fsp3) is 1.00. The van der Waals surface area contributed by atoms with Gasteiger partial charge in [0.2, 0.25) is 0 Å². The highest BCUT2D eigenvalue weighted by molar-refractivity contribution is 7.85. The molecule has 1 unspecified atom stereocenters. The molecule has 0 bridgehead atoms. The summed E-state index contributed by atoms with van der Waals surface area (Å²) in [6.45, 7) is 0.931. The van der Waals surface area contributed by atoms with Crippen LogP contribution in [0.3, 0.4) is 0 Å². The summed E-state index contributed by atoms with van der Waals surface area (Å²) in [6.07, 6.45) is 1.90. The molecule has 0 aromatic heterocycles. The van der Waals surface area contributed by atoms with Crippen LogP contribution in [-0.4, -0.2) is 43.3 Å². The molecule has 11 heavy (non-hydrogen) atoms. The van der Waals surface area contributed by atoms with E-state index in [-0.39, 0.29) is 11.8 Å². The molecule has 5 heteroatoms. The van der Waals surface area contributed by atoms with Crippen molar-refractivity contribution in [3.8, 4) is 0 Å². The summed E-state index contributed by atoms with van der Waals surface area (Å²) in [5.74, 6) is -0.122. The van der Waals surface area contributed by atoms with Gasteiger partial charge in [-0.2, -0.15) is 8.42 Å². The predicted molar refractivity (Wildman–Crippen MR) is 42.1 cm³/mol. The van der Waals surface area contributed by atoms with Crippen LogP contribution in [-0.2, 0) is 10.1 Å². The zero-order chi connectivity index (χ0) is 8.48. The van der Waals surface area contributed by atoms with E-state index in [2.05, 4.69) is 0 Å². The summed E-state index contributed by atoms with van der Waals surface area (Å²) in [5, 5.41) is 0. The minimum absolute atomic E-state index is 0.0185. The van der Waals surface area contributed by atoms with Crippen molar-refractivity contribution in [1.29, 1.82) is 0 Å². The lowest BCUT2D eigenvalue weighted by atomic mass is 10.2. The molecule has 0 saturated carbocycles. The molecule has 66 valence electrons. The van der Waals surface area contributed by atoms with Gasteiger partial charge in [-0.25, -0.2) is 0 Å². The van der Waals surface area contributed by atoms with E-state index in [0.29, 0.717) is 0 Å². The molecule has 1 N–H and O–H groups in total. The van der Waals surface area contributed by atoms with Crippen LogP contribution in [0.2, 0.25) is 0 Å². The van der Waals surface area contributed by atoms with Gasteiger partial charge in [-0.3, -0.25) is 4.55 Å². The Morgan fingerprint density at radius 3 is 2.64 bits per heavy atom. The van der Waals surface area contributed by atoms with E-state index < -0.39 is 10.1 Å². The third-order valence-corrected chi connectivity index (χ3v) is 2.88. The normalized spacial score (nSPS) is 27.6. The van der Waals surface area contributed by atoms with E-state index >= 15 is 0 Å². The molecule has 0 aromatic rings. The van der Waals surface area contributed by atoms with Crippen LogP contribution in [0.5, 0.6) is 0 Å². The van der Waals surface area contributed by atoms with E-state index in [0.717, 1.165) is 19.4 Å². The molecule has 4 nitrogen and oxygen atoms in total. The minimum Gasteiger partial charge on any atom is -0.302 e. The number of hydrogen-bond acceptors (Lipinski definition) is 3. The van der Waals surface area contributed by atoms with Crippen LogP contribution in [0, 0.1) is 0 Å². The van der Waals surface area contributed by atoms with Crippen molar-refractivity contribution in [1.82, 2.24) is 4.90 Å². The molecule has 1 atom stereocenters. The zero-order valence-electron chi connectivity index (χ0n) is 6.52. The Bertz CT molecular complexity index is 224. The maximum Gasteiger partial charge on any atom is 0.266 e. The Labute approximate surface area is 66.9 Å². The van der Waals surface area contributed by atoms with Crippen molar-refractivity contribution in [3.05, 3.63) is 0 Å². The van der Waals surface area contributed by atoms with E-state index in [1.165, 1.54) is 0 Å². The maximum absolute atomic E-state index is 10.5. The van der Waals surface area contributed by atoms with Crippen LogP contribution in [0.25, 0.3) is 0 Å². The third-order valence-electron chi connectivity index (χ3n) is 2.07. The average Bonchev–Trinajstić information content (AvgIpc) is 2.12. The van der Waals surface area contributed by atoms with Crippen LogP contribution in [0.1, 0.15) is 12.8 Å².